The van der Waals surface area contributed by atoms with Crippen molar-refractivity contribution < 1.29 is 9.53 Å². The van der Waals surface area contributed by atoms with E-state index in [2.05, 4.69) is 15.3 Å². The molecule has 0 aliphatic carbocycles. The molecule has 1 heterocycles. The minimum Gasteiger partial charge on any atom is -0.494 e. The SMILES string of the molecule is CCOc1ccc(NC(=O)C(C)Sc2cc(C)nc(C)n2)cc1. The van der Waals surface area contributed by atoms with Crippen molar-refractivity contribution in [2.24, 2.45) is 0 Å². The van der Waals surface area contributed by atoms with Gasteiger partial charge in [-0.15, -0.1) is 0 Å². The van der Waals surface area contributed by atoms with E-state index in [1.807, 2.05) is 58.0 Å². The van der Waals surface area contributed by atoms with Gasteiger partial charge in [-0.1, -0.05) is 11.8 Å². The average Bonchev–Trinajstić information content (AvgIpc) is 2.48. The molecule has 0 aliphatic rings. The Morgan fingerprint density at radius 3 is 2.57 bits per heavy atom. The summed E-state index contributed by atoms with van der Waals surface area (Å²) in [4.78, 5) is 20.9. The molecule has 5 nitrogen and oxygen atoms in total. The molecule has 1 N–H and O–H groups in total. The lowest BCUT2D eigenvalue weighted by Crippen LogP contribution is -2.22. The molecule has 1 aromatic carbocycles. The third-order valence-electron chi connectivity index (χ3n) is 3.04. The first-order chi connectivity index (χ1) is 11.0. The Morgan fingerprint density at radius 1 is 1.26 bits per heavy atom. The summed E-state index contributed by atoms with van der Waals surface area (Å²) in [6.45, 7) is 8.19. The molecular formula is C17H21N3O2S. The molecule has 2 aromatic rings. The number of aryl methyl sites for hydroxylation is 2. The van der Waals surface area contributed by atoms with Crippen LogP contribution in [0, 0.1) is 13.8 Å². The summed E-state index contributed by atoms with van der Waals surface area (Å²) in [5, 5.41) is 3.46. The van der Waals surface area contributed by atoms with E-state index in [-0.39, 0.29) is 11.2 Å². The Labute approximate surface area is 140 Å². The average molecular weight is 331 g/mol. The summed E-state index contributed by atoms with van der Waals surface area (Å²) >= 11 is 1.42. The molecule has 0 bridgehead atoms. The van der Waals surface area contributed by atoms with Crippen molar-refractivity contribution in [1.82, 2.24) is 9.97 Å². The van der Waals surface area contributed by atoms with Crippen LogP contribution in [0.5, 0.6) is 5.75 Å². The number of benzene rings is 1. The molecule has 0 saturated heterocycles. The van der Waals surface area contributed by atoms with Crippen LogP contribution < -0.4 is 10.1 Å². The number of carbonyl (C=O) groups excluding carboxylic acids is 1. The van der Waals surface area contributed by atoms with Crippen LogP contribution in [0.2, 0.25) is 0 Å². The van der Waals surface area contributed by atoms with Crippen molar-refractivity contribution >= 4 is 23.4 Å². The predicted octanol–water partition coefficient (Wildman–Crippen LogP) is 3.61. The van der Waals surface area contributed by atoms with E-state index in [1.165, 1.54) is 11.8 Å². The molecule has 0 saturated carbocycles. The van der Waals surface area contributed by atoms with Gasteiger partial charge in [-0.25, -0.2) is 9.97 Å². The number of rotatable bonds is 6. The maximum absolute atomic E-state index is 12.3. The van der Waals surface area contributed by atoms with E-state index < -0.39 is 0 Å². The summed E-state index contributed by atoms with van der Waals surface area (Å²) in [6, 6.07) is 9.24. The fourth-order valence-electron chi connectivity index (χ4n) is 2.02. The molecule has 122 valence electrons. The second kappa shape index (κ2) is 7.97. The maximum atomic E-state index is 12.3. The number of nitrogens with zero attached hydrogens (tertiary/aromatic N) is 2. The van der Waals surface area contributed by atoms with Gasteiger partial charge in [0.15, 0.2) is 0 Å². The zero-order valence-electron chi connectivity index (χ0n) is 13.8. The van der Waals surface area contributed by atoms with Crippen molar-refractivity contribution in [3.8, 4) is 5.75 Å². The highest BCUT2D eigenvalue weighted by Gasteiger charge is 2.16. The molecule has 0 radical (unpaired) electrons. The molecular weight excluding hydrogens is 310 g/mol. The van der Waals surface area contributed by atoms with E-state index in [1.54, 1.807) is 0 Å². The van der Waals surface area contributed by atoms with Gasteiger partial charge >= 0.3 is 0 Å². The summed E-state index contributed by atoms with van der Waals surface area (Å²) in [5.74, 6) is 1.44. The van der Waals surface area contributed by atoms with E-state index in [0.29, 0.717) is 12.4 Å². The third kappa shape index (κ3) is 5.25. The van der Waals surface area contributed by atoms with Gasteiger partial charge < -0.3 is 10.1 Å². The summed E-state index contributed by atoms with van der Waals surface area (Å²) in [5.41, 5.74) is 1.65. The Kier molecular flexibility index (Phi) is 5.98. The minimum absolute atomic E-state index is 0.0620. The van der Waals surface area contributed by atoms with E-state index in [0.717, 1.165) is 22.2 Å². The first kappa shape index (κ1) is 17.3. The Balaban J connectivity index is 1.96. The number of hydrogen-bond acceptors (Lipinski definition) is 5. The normalized spacial score (nSPS) is 11.8. The molecule has 0 aliphatic heterocycles. The van der Waals surface area contributed by atoms with Crippen molar-refractivity contribution in [2.75, 3.05) is 11.9 Å². The van der Waals surface area contributed by atoms with Crippen LogP contribution in [0.1, 0.15) is 25.4 Å². The summed E-state index contributed by atoms with van der Waals surface area (Å²) in [7, 11) is 0. The second-order valence-corrected chi connectivity index (χ2v) is 6.46. The molecule has 2 rings (SSSR count). The highest BCUT2D eigenvalue weighted by molar-refractivity contribution is 8.00. The highest BCUT2D eigenvalue weighted by atomic mass is 32.2. The van der Waals surface area contributed by atoms with Gasteiger partial charge in [-0.2, -0.15) is 0 Å². The topological polar surface area (TPSA) is 64.1 Å². The van der Waals surface area contributed by atoms with Gasteiger partial charge in [0, 0.05) is 11.4 Å². The minimum atomic E-state index is -0.254. The fourth-order valence-corrected chi connectivity index (χ4v) is 2.97. The molecule has 1 unspecified atom stereocenters. The van der Waals surface area contributed by atoms with Crippen LogP contribution in [0.3, 0.4) is 0 Å². The number of hydrogen-bond donors (Lipinski definition) is 1. The van der Waals surface area contributed by atoms with Crippen molar-refractivity contribution in [3.05, 3.63) is 41.9 Å². The zero-order chi connectivity index (χ0) is 16.8. The maximum Gasteiger partial charge on any atom is 0.237 e. The van der Waals surface area contributed by atoms with Gasteiger partial charge in [0.05, 0.1) is 11.9 Å². The van der Waals surface area contributed by atoms with E-state index >= 15 is 0 Å². The van der Waals surface area contributed by atoms with Crippen molar-refractivity contribution in [1.29, 1.82) is 0 Å². The first-order valence-corrected chi connectivity index (χ1v) is 8.38. The van der Waals surface area contributed by atoms with Crippen LogP contribution in [0.25, 0.3) is 0 Å². The van der Waals surface area contributed by atoms with Crippen molar-refractivity contribution in [3.63, 3.8) is 0 Å². The Bertz CT molecular complexity index is 654. The number of thioether (sulfide) groups is 1. The quantitative estimate of drug-likeness (QED) is 0.647. The van der Waals surface area contributed by atoms with Gasteiger partial charge in [-0.05, 0) is 58.0 Å². The second-order valence-electron chi connectivity index (χ2n) is 5.10. The van der Waals surface area contributed by atoms with E-state index in [9.17, 15) is 4.79 Å². The van der Waals surface area contributed by atoms with Crippen LogP contribution in [-0.4, -0.2) is 27.7 Å². The fraction of sp³-hybridized carbons (Fsp3) is 0.353. The monoisotopic (exact) mass is 331 g/mol. The molecule has 1 atom stereocenters. The van der Waals surface area contributed by atoms with Gasteiger partial charge in [0.1, 0.15) is 16.6 Å². The molecule has 0 spiro atoms. The van der Waals surface area contributed by atoms with Gasteiger partial charge in [0.2, 0.25) is 5.91 Å². The number of anilines is 1. The van der Waals surface area contributed by atoms with E-state index in [4.69, 9.17) is 4.74 Å². The lowest BCUT2D eigenvalue weighted by molar-refractivity contribution is -0.115. The van der Waals surface area contributed by atoms with Gasteiger partial charge in [-0.3, -0.25) is 4.79 Å². The number of ether oxygens (including phenoxy) is 1. The smallest absolute Gasteiger partial charge is 0.237 e. The van der Waals surface area contributed by atoms with Crippen molar-refractivity contribution in [2.45, 2.75) is 38.0 Å². The van der Waals surface area contributed by atoms with Crippen LogP contribution in [0.4, 0.5) is 5.69 Å². The molecule has 1 aromatic heterocycles. The van der Waals surface area contributed by atoms with Crippen LogP contribution >= 0.6 is 11.8 Å². The van der Waals surface area contributed by atoms with Gasteiger partial charge in [0.25, 0.3) is 0 Å². The predicted molar refractivity (Wildman–Crippen MR) is 93.1 cm³/mol. The molecule has 6 heteroatoms. The number of amides is 1. The number of aromatic nitrogens is 2. The standard InChI is InChI=1S/C17H21N3O2S/c1-5-22-15-8-6-14(7-9-15)20-17(21)12(3)23-16-10-11(2)18-13(4)19-16/h6-10,12H,5H2,1-4H3,(H,20,21). The summed E-state index contributed by atoms with van der Waals surface area (Å²) < 4.78 is 5.38. The van der Waals surface area contributed by atoms with Crippen LogP contribution in [-0.2, 0) is 4.79 Å². The molecule has 1 amide bonds. The van der Waals surface area contributed by atoms with Crippen LogP contribution in [0.15, 0.2) is 35.4 Å². The zero-order valence-corrected chi connectivity index (χ0v) is 14.6. The summed E-state index contributed by atoms with van der Waals surface area (Å²) in [6.07, 6.45) is 0. The number of carbonyl (C=O) groups is 1. The molecule has 0 fully saturated rings. The lowest BCUT2D eigenvalue weighted by atomic mass is 10.3. The third-order valence-corrected chi connectivity index (χ3v) is 4.06. The Morgan fingerprint density at radius 2 is 1.96 bits per heavy atom. The Hall–Kier alpha value is -2.08. The lowest BCUT2D eigenvalue weighted by Gasteiger charge is -2.12. The molecule has 23 heavy (non-hydrogen) atoms. The first-order valence-electron chi connectivity index (χ1n) is 7.50. The largest absolute Gasteiger partial charge is 0.494 e. The number of nitrogens with one attached hydrogen (secondary N) is 1. The highest BCUT2D eigenvalue weighted by Crippen LogP contribution is 2.23.